The summed E-state index contributed by atoms with van der Waals surface area (Å²) in [4.78, 5) is 4.41. The molecule has 0 fully saturated rings. The molecule has 0 spiro atoms. The van der Waals surface area contributed by atoms with Crippen molar-refractivity contribution >= 4 is 32.9 Å². The van der Waals surface area contributed by atoms with Crippen molar-refractivity contribution < 1.29 is 0 Å². The van der Waals surface area contributed by atoms with Gasteiger partial charge in [-0.2, -0.15) is 0 Å². The number of halogens is 1. The summed E-state index contributed by atoms with van der Waals surface area (Å²) < 4.78 is 1.12. The maximum Gasteiger partial charge on any atom is 0.154 e. The number of hydrogen-bond donors (Lipinski definition) is 1. The van der Waals surface area contributed by atoms with Crippen LogP contribution in [0.25, 0.3) is 0 Å². The molecule has 0 unspecified atom stereocenters. The number of rotatable bonds is 5. The average Bonchev–Trinajstić information content (AvgIpc) is 2.47. The zero-order chi connectivity index (χ0) is 14.2. The molecule has 20 heavy (non-hydrogen) atoms. The first-order valence-electron chi connectivity index (χ1n) is 6.46. The first-order valence-corrected chi connectivity index (χ1v) is 8.23. The zero-order valence-corrected chi connectivity index (χ0v) is 13.5. The molecule has 0 aliphatic rings. The lowest BCUT2D eigenvalue weighted by Gasteiger charge is -2.04. The van der Waals surface area contributed by atoms with Gasteiger partial charge in [0.1, 0.15) is 0 Å². The van der Waals surface area contributed by atoms with Crippen LogP contribution < -0.4 is 5.73 Å². The molecule has 4 heteroatoms. The Hall–Kier alpha value is -1.26. The first-order chi connectivity index (χ1) is 9.75. The molecular weight excluding hydrogens is 332 g/mol. The fraction of sp³-hybridized carbons (Fsp3) is 0.188. The second kappa shape index (κ2) is 8.12. The molecule has 2 nitrogen and oxygen atoms in total. The molecular formula is C16H17BrN2S. The largest absolute Gasteiger partial charge is 0.379 e. The van der Waals surface area contributed by atoms with Crippen LogP contribution in [0.3, 0.4) is 0 Å². The van der Waals surface area contributed by atoms with Crippen molar-refractivity contribution in [2.45, 2.75) is 12.2 Å². The molecule has 0 aliphatic heterocycles. The van der Waals surface area contributed by atoms with Crippen molar-refractivity contribution in [1.82, 2.24) is 0 Å². The number of amidine groups is 1. The SMILES string of the molecule is NC(=NCCc1ccccc1)SCc1ccccc1Br. The number of benzene rings is 2. The highest BCUT2D eigenvalue weighted by Gasteiger charge is 2.00. The predicted octanol–water partition coefficient (Wildman–Crippen LogP) is 4.24. The van der Waals surface area contributed by atoms with E-state index in [2.05, 4.69) is 39.1 Å². The normalized spacial score (nSPS) is 11.6. The van der Waals surface area contributed by atoms with Gasteiger partial charge in [0.25, 0.3) is 0 Å². The van der Waals surface area contributed by atoms with E-state index in [1.165, 1.54) is 11.1 Å². The Morgan fingerprint density at radius 2 is 1.75 bits per heavy atom. The fourth-order valence-corrected chi connectivity index (χ4v) is 3.10. The second-order valence-electron chi connectivity index (χ2n) is 4.34. The van der Waals surface area contributed by atoms with Crippen LogP contribution in [0.15, 0.2) is 64.1 Å². The van der Waals surface area contributed by atoms with E-state index >= 15 is 0 Å². The minimum atomic E-state index is 0.650. The van der Waals surface area contributed by atoms with Crippen LogP contribution >= 0.6 is 27.7 Å². The molecule has 0 aliphatic carbocycles. The van der Waals surface area contributed by atoms with Crippen LogP contribution in [0.2, 0.25) is 0 Å². The maximum atomic E-state index is 5.93. The summed E-state index contributed by atoms with van der Waals surface area (Å²) in [6.45, 7) is 0.735. The highest BCUT2D eigenvalue weighted by molar-refractivity contribution is 9.10. The standard InChI is InChI=1S/C16H17BrN2S/c17-15-9-5-4-8-14(15)12-20-16(18)19-11-10-13-6-2-1-3-7-13/h1-9H,10-12H2,(H2,18,19). The third-order valence-electron chi connectivity index (χ3n) is 2.84. The topological polar surface area (TPSA) is 38.4 Å². The van der Waals surface area contributed by atoms with Crippen molar-refractivity contribution in [1.29, 1.82) is 0 Å². The van der Waals surface area contributed by atoms with Crippen LogP contribution in [-0.2, 0) is 12.2 Å². The van der Waals surface area contributed by atoms with Gasteiger partial charge in [-0.15, -0.1) is 0 Å². The molecule has 104 valence electrons. The van der Waals surface area contributed by atoms with E-state index in [4.69, 9.17) is 5.73 Å². The fourth-order valence-electron chi connectivity index (χ4n) is 1.75. The van der Waals surface area contributed by atoms with Gasteiger partial charge in [-0.1, -0.05) is 76.2 Å². The van der Waals surface area contributed by atoms with E-state index in [1.807, 2.05) is 36.4 Å². The van der Waals surface area contributed by atoms with Crippen molar-refractivity contribution in [3.05, 3.63) is 70.2 Å². The Morgan fingerprint density at radius 3 is 2.50 bits per heavy atom. The summed E-state index contributed by atoms with van der Waals surface area (Å²) in [6, 6.07) is 18.5. The van der Waals surface area contributed by atoms with Crippen LogP contribution in [0.1, 0.15) is 11.1 Å². The highest BCUT2D eigenvalue weighted by atomic mass is 79.9. The zero-order valence-electron chi connectivity index (χ0n) is 11.1. The minimum Gasteiger partial charge on any atom is -0.379 e. The monoisotopic (exact) mass is 348 g/mol. The van der Waals surface area contributed by atoms with Gasteiger partial charge >= 0.3 is 0 Å². The summed E-state index contributed by atoms with van der Waals surface area (Å²) in [5.41, 5.74) is 8.46. The van der Waals surface area contributed by atoms with E-state index < -0.39 is 0 Å². The molecule has 0 aromatic heterocycles. The Balaban J connectivity index is 1.78. The van der Waals surface area contributed by atoms with Gasteiger partial charge in [-0.3, -0.25) is 4.99 Å². The highest BCUT2D eigenvalue weighted by Crippen LogP contribution is 2.21. The Labute approximate surface area is 132 Å². The third-order valence-corrected chi connectivity index (χ3v) is 4.50. The average molecular weight is 349 g/mol. The molecule has 0 amide bonds. The van der Waals surface area contributed by atoms with Crippen LogP contribution in [0.4, 0.5) is 0 Å². The van der Waals surface area contributed by atoms with E-state index in [0.717, 1.165) is 23.2 Å². The molecule has 2 aromatic carbocycles. The van der Waals surface area contributed by atoms with Crippen molar-refractivity contribution in [2.24, 2.45) is 10.7 Å². The summed E-state index contributed by atoms with van der Waals surface area (Å²) in [5, 5.41) is 0.650. The van der Waals surface area contributed by atoms with Gasteiger partial charge in [-0.05, 0) is 23.6 Å². The quantitative estimate of drug-likeness (QED) is 0.648. The molecule has 0 radical (unpaired) electrons. The minimum absolute atomic E-state index is 0.650. The Morgan fingerprint density at radius 1 is 1.05 bits per heavy atom. The van der Waals surface area contributed by atoms with Crippen LogP contribution in [0.5, 0.6) is 0 Å². The summed E-state index contributed by atoms with van der Waals surface area (Å²) in [7, 11) is 0. The number of aliphatic imine (C=N–C) groups is 1. The molecule has 2 aromatic rings. The second-order valence-corrected chi connectivity index (χ2v) is 6.19. The van der Waals surface area contributed by atoms with E-state index in [0.29, 0.717) is 5.17 Å². The van der Waals surface area contributed by atoms with Gasteiger partial charge in [0.15, 0.2) is 5.17 Å². The van der Waals surface area contributed by atoms with Gasteiger partial charge < -0.3 is 5.73 Å². The van der Waals surface area contributed by atoms with Crippen molar-refractivity contribution in [3.8, 4) is 0 Å². The third kappa shape index (κ3) is 5.02. The van der Waals surface area contributed by atoms with Crippen LogP contribution in [0, 0.1) is 0 Å². The first kappa shape index (κ1) is 15.1. The molecule has 0 saturated heterocycles. The molecule has 0 heterocycles. The molecule has 2 N–H and O–H groups in total. The molecule has 0 saturated carbocycles. The number of thioether (sulfide) groups is 1. The van der Waals surface area contributed by atoms with Crippen LogP contribution in [-0.4, -0.2) is 11.7 Å². The summed E-state index contributed by atoms with van der Waals surface area (Å²) >= 11 is 5.11. The Bertz CT molecular complexity index is 570. The molecule has 0 bridgehead atoms. The summed E-state index contributed by atoms with van der Waals surface area (Å²) in [5.74, 6) is 0.835. The maximum absolute atomic E-state index is 5.93. The number of nitrogens with two attached hydrogens (primary N) is 1. The van der Waals surface area contributed by atoms with E-state index in [9.17, 15) is 0 Å². The van der Waals surface area contributed by atoms with Gasteiger partial charge in [-0.25, -0.2) is 0 Å². The van der Waals surface area contributed by atoms with Gasteiger partial charge in [0.2, 0.25) is 0 Å². The predicted molar refractivity (Wildman–Crippen MR) is 92.1 cm³/mol. The lowest BCUT2D eigenvalue weighted by molar-refractivity contribution is 0.970. The molecule has 0 atom stereocenters. The summed E-state index contributed by atoms with van der Waals surface area (Å²) in [6.07, 6.45) is 0.928. The van der Waals surface area contributed by atoms with E-state index in [1.54, 1.807) is 11.8 Å². The lowest BCUT2D eigenvalue weighted by Crippen LogP contribution is -2.08. The Kier molecular flexibility index (Phi) is 6.15. The number of hydrogen-bond acceptors (Lipinski definition) is 2. The number of nitrogens with zero attached hydrogens (tertiary/aromatic N) is 1. The smallest absolute Gasteiger partial charge is 0.154 e. The lowest BCUT2D eigenvalue weighted by atomic mass is 10.2. The van der Waals surface area contributed by atoms with Gasteiger partial charge in [0, 0.05) is 16.8 Å². The van der Waals surface area contributed by atoms with Crippen molar-refractivity contribution in [2.75, 3.05) is 6.54 Å². The van der Waals surface area contributed by atoms with Gasteiger partial charge in [0.05, 0.1) is 0 Å². The van der Waals surface area contributed by atoms with E-state index in [-0.39, 0.29) is 0 Å². The van der Waals surface area contributed by atoms with Crippen molar-refractivity contribution in [3.63, 3.8) is 0 Å². The molecule has 2 rings (SSSR count).